The second-order valence-electron chi connectivity index (χ2n) is 6.11. The van der Waals surface area contributed by atoms with Gasteiger partial charge in [-0.15, -0.1) is 0 Å². The number of hydrogen-bond acceptors (Lipinski definition) is 2. The molecule has 0 radical (unpaired) electrons. The number of nitrogens with zero attached hydrogens (tertiary/aromatic N) is 2. The summed E-state index contributed by atoms with van der Waals surface area (Å²) in [6.07, 6.45) is 6.68. The molecule has 0 amide bonds. The summed E-state index contributed by atoms with van der Waals surface area (Å²) in [6, 6.07) is 4.71. The Morgan fingerprint density at radius 3 is 2.80 bits per heavy atom. The van der Waals surface area contributed by atoms with Crippen molar-refractivity contribution >= 4 is 11.0 Å². The van der Waals surface area contributed by atoms with Crippen molar-refractivity contribution in [2.75, 3.05) is 0 Å². The van der Waals surface area contributed by atoms with Gasteiger partial charge >= 0.3 is 0 Å². The van der Waals surface area contributed by atoms with E-state index in [0.29, 0.717) is 12.0 Å². The van der Waals surface area contributed by atoms with Crippen molar-refractivity contribution in [2.45, 2.75) is 59.7 Å². The summed E-state index contributed by atoms with van der Waals surface area (Å²) < 4.78 is 2.33. The molecule has 0 spiro atoms. The van der Waals surface area contributed by atoms with Gasteiger partial charge < -0.3 is 9.88 Å². The zero-order valence-corrected chi connectivity index (χ0v) is 13.2. The van der Waals surface area contributed by atoms with Gasteiger partial charge in [0.1, 0.15) is 5.65 Å². The molecule has 1 atom stereocenters. The van der Waals surface area contributed by atoms with E-state index < -0.39 is 0 Å². The van der Waals surface area contributed by atoms with Crippen LogP contribution in [0.3, 0.4) is 0 Å². The molecule has 0 aliphatic heterocycles. The number of fused-ring (bicyclic) bond motifs is 1. The Hall–Kier alpha value is -1.35. The van der Waals surface area contributed by atoms with Crippen LogP contribution in [0.25, 0.3) is 11.0 Å². The van der Waals surface area contributed by atoms with E-state index in [0.717, 1.165) is 18.7 Å². The maximum atomic E-state index is 4.58. The van der Waals surface area contributed by atoms with Gasteiger partial charge in [0.05, 0.1) is 0 Å². The maximum Gasteiger partial charge on any atom is 0.140 e. The highest BCUT2D eigenvalue weighted by Gasteiger charge is 2.11. The Morgan fingerprint density at radius 1 is 1.30 bits per heavy atom. The highest BCUT2D eigenvalue weighted by atomic mass is 15.0. The molecule has 0 bridgehead atoms. The molecule has 2 heterocycles. The molecule has 1 N–H and O–H groups in total. The number of aromatic nitrogens is 2. The van der Waals surface area contributed by atoms with E-state index >= 15 is 0 Å². The molecular formula is C17H27N3. The summed E-state index contributed by atoms with van der Waals surface area (Å²) in [5, 5.41) is 4.79. The number of nitrogens with one attached hydrogen (secondary N) is 1. The Labute approximate surface area is 122 Å². The fraction of sp³-hybridized carbons (Fsp3) is 0.588. The molecule has 2 aromatic heterocycles. The van der Waals surface area contributed by atoms with E-state index in [-0.39, 0.29) is 0 Å². The van der Waals surface area contributed by atoms with Gasteiger partial charge in [0.15, 0.2) is 0 Å². The van der Waals surface area contributed by atoms with E-state index in [1.165, 1.54) is 23.8 Å². The van der Waals surface area contributed by atoms with Crippen LogP contribution < -0.4 is 5.32 Å². The van der Waals surface area contributed by atoms with Gasteiger partial charge in [-0.1, -0.05) is 34.1 Å². The van der Waals surface area contributed by atoms with Crippen LogP contribution in [0.5, 0.6) is 0 Å². The Kier molecular flexibility index (Phi) is 5.18. The molecule has 0 aliphatic rings. The smallest absolute Gasteiger partial charge is 0.140 e. The highest BCUT2D eigenvalue weighted by molar-refractivity contribution is 5.80. The molecule has 0 fully saturated rings. The summed E-state index contributed by atoms with van der Waals surface area (Å²) in [6.45, 7) is 10.9. The lowest BCUT2D eigenvalue weighted by atomic mass is 10.1. The number of pyridine rings is 1. The van der Waals surface area contributed by atoms with E-state index in [1.54, 1.807) is 0 Å². The van der Waals surface area contributed by atoms with Crippen LogP contribution in [0.4, 0.5) is 0 Å². The van der Waals surface area contributed by atoms with E-state index in [9.17, 15) is 0 Å². The number of rotatable bonds is 7. The highest BCUT2D eigenvalue weighted by Crippen LogP contribution is 2.21. The first-order chi connectivity index (χ1) is 9.61. The van der Waals surface area contributed by atoms with E-state index in [1.807, 2.05) is 12.3 Å². The topological polar surface area (TPSA) is 29.9 Å². The van der Waals surface area contributed by atoms with Gasteiger partial charge in [-0.3, -0.25) is 0 Å². The first-order valence-corrected chi connectivity index (χ1v) is 7.78. The summed E-state index contributed by atoms with van der Waals surface area (Å²) in [5.41, 5.74) is 2.47. The summed E-state index contributed by atoms with van der Waals surface area (Å²) in [5.74, 6) is 0.698. The van der Waals surface area contributed by atoms with Gasteiger partial charge in [0.2, 0.25) is 0 Å². The second kappa shape index (κ2) is 6.89. The molecule has 2 rings (SSSR count). The average molecular weight is 273 g/mol. The molecule has 0 aromatic carbocycles. The largest absolute Gasteiger partial charge is 0.332 e. The molecule has 0 saturated heterocycles. The van der Waals surface area contributed by atoms with Crippen LogP contribution in [-0.4, -0.2) is 15.6 Å². The van der Waals surface area contributed by atoms with Crippen molar-refractivity contribution < 1.29 is 0 Å². The Bertz CT molecular complexity index is 542. The summed E-state index contributed by atoms with van der Waals surface area (Å²) in [4.78, 5) is 4.58. The summed E-state index contributed by atoms with van der Waals surface area (Å²) in [7, 11) is 0. The van der Waals surface area contributed by atoms with Crippen molar-refractivity contribution in [2.24, 2.45) is 5.92 Å². The van der Waals surface area contributed by atoms with Gasteiger partial charge in [0.25, 0.3) is 0 Å². The predicted molar refractivity (Wildman–Crippen MR) is 85.8 cm³/mol. The van der Waals surface area contributed by atoms with Crippen molar-refractivity contribution in [1.82, 2.24) is 14.9 Å². The summed E-state index contributed by atoms with van der Waals surface area (Å²) >= 11 is 0. The minimum absolute atomic E-state index is 0.504. The molecule has 2 aromatic rings. The molecule has 0 saturated carbocycles. The van der Waals surface area contributed by atoms with E-state index in [2.05, 4.69) is 54.8 Å². The van der Waals surface area contributed by atoms with Crippen molar-refractivity contribution in [3.05, 3.63) is 30.1 Å². The quantitative estimate of drug-likeness (QED) is 0.827. The minimum atomic E-state index is 0.504. The van der Waals surface area contributed by atoms with E-state index in [4.69, 9.17) is 0 Å². The molecular weight excluding hydrogens is 246 g/mol. The standard InChI is InChI=1S/C17H27N3/c1-5-7-14(4)11-20-12-15(10-19-13(2)3)16-8-6-9-18-17(16)20/h6,8-9,12-14,19H,5,7,10-11H2,1-4H3. The van der Waals surface area contributed by atoms with Crippen LogP contribution in [0.2, 0.25) is 0 Å². The first-order valence-electron chi connectivity index (χ1n) is 7.78. The van der Waals surface area contributed by atoms with Crippen molar-refractivity contribution in [3.63, 3.8) is 0 Å². The maximum absolute atomic E-state index is 4.58. The lowest BCUT2D eigenvalue weighted by Gasteiger charge is -2.11. The lowest BCUT2D eigenvalue weighted by Crippen LogP contribution is -2.21. The van der Waals surface area contributed by atoms with Gasteiger partial charge in [-0.05, 0) is 30.0 Å². The molecule has 3 heteroatoms. The normalized spacial score (nSPS) is 13.2. The second-order valence-corrected chi connectivity index (χ2v) is 6.11. The Morgan fingerprint density at radius 2 is 2.10 bits per heavy atom. The van der Waals surface area contributed by atoms with Crippen LogP contribution >= 0.6 is 0 Å². The molecule has 110 valence electrons. The van der Waals surface area contributed by atoms with Crippen molar-refractivity contribution in [3.8, 4) is 0 Å². The van der Waals surface area contributed by atoms with Crippen LogP contribution in [-0.2, 0) is 13.1 Å². The van der Waals surface area contributed by atoms with Gasteiger partial charge in [-0.2, -0.15) is 0 Å². The molecule has 0 aliphatic carbocycles. The lowest BCUT2D eigenvalue weighted by molar-refractivity contribution is 0.451. The Balaban J connectivity index is 2.25. The van der Waals surface area contributed by atoms with Gasteiger partial charge in [-0.25, -0.2) is 4.98 Å². The zero-order chi connectivity index (χ0) is 14.5. The van der Waals surface area contributed by atoms with Gasteiger partial charge in [0, 0.05) is 36.9 Å². The number of hydrogen-bond donors (Lipinski definition) is 1. The van der Waals surface area contributed by atoms with Crippen LogP contribution in [0.15, 0.2) is 24.5 Å². The minimum Gasteiger partial charge on any atom is -0.332 e. The first kappa shape index (κ1) is 15.0. The third kappa shape index (κ3) is 3.60. The molecule has 3 nitrogen and oxygen atoms in total. The molecule has 20 heavy (non-hydrogen) atoms. The zero-order valence-electron chi connectivity index (χ0n) is 13.2. The predicted octanol–water partition coefficient (Wildman–Crippen LogP) is 3.97. The fourth-order valence-corrected chi connectivity index (χ4v) is 2.71. The third-order valence-corrected chi connectivity index (χ3v) is 3.71. The van der Waals surface area contributed by atoms with Crippen molar-refractivity contribution in [1.29, 1.82) is 0 Å². The fourth-order valence-electron chi connectivity index (χ4n) is 2.71. The van der Waals surface area contributed by atoms with Crippen LogP contribution in [0.1, 0.15) is 46.1 Å². The monoisotopic (exact) mass is 273 g/mol. The SMILES string of the molecule is CCCC(C)Cn1cc(CNC(C)C)c2cccnc21. The third-order valence-electron chi connectivity index (χ3n) is 3.71. The van der Waals surface area contributed by atoms with Crippen LogP contribution in [0, 0.1) is 5.92 Å². The molecule has 1 unspecified atom stereocenters. The average Bonchev–Trinajstić information content (AvgIpc) is 2.75.